The van der Waals surface area contributed by atoms with Crippen molar-refractivity contribution in [2.24, 2.45) is 0 Å². The zero-order valence-electron chi connectivity index (χ0n) is 13.0. The van der Waals surface area contributed by atoms with Crippen LogP contribution in [0.3, 0.4) is 0 Å². The molecule has 1 aromatic heterocycles. The molecule has 9 heteroatoms. The highest BCUT2D eigenvalue weighted by Gasteiger charge is 2.19. The van der Waals surface area contributed by atoms with Gasteiger partial charge in [-0.2, -0.15) is 0 Å². The largest absolute Gasteiger partial charge is 0.487 e. The van der Waals surface area contributed by atoms with Gasteiger partial charge in [0.05, 0.1) is 21.3 Å². The molecule has 0 aliphatic rings. The second-order valence-corrected chi connectivity index (χ2v) is 6.37. The number of carbonyl (C=O) groups is 1. The summed E-state index contributed by atoms with van der Waals surface area (Å²) in [6, 6.07) is 9.41. The van der Waals surface area contributed by atoms with Crippen molar-refractivity contribution in [1.29, 1.82) is 0 Å². The fourth-order valence-electron chi connectivity index (χ4n) is 2.22. The molecule has 0 spiro atoms. The highest BCUT2D eigenvalue weighted by molar-refractivity contribution is 7.22. The van der Waals surface area contributed by atoms with E-state index in [1.807, 2.05) is 6.07 Å². The summed E-state index contributed by atoms with van der Waals surface area (Å²) in [5, 5.41) is 14.6. The standard InChI is InChI=1S/C16H12ClN3O4S/c1-2-24-12-7-6-9(8-11(12)20(22)23)15(21)19-16-18-14-10(17)4-3-5-13(14)25-16/h3-8H,2H2,1H3,(H,18,19,21). The Labute approximate surface area is 151 Å². The third-order valence-electron chi connectivity index (χ3n) is 3.31. The number of aromatic nitrogens is 1. The van der Waals surface area contributed by atoms with E-state index >= 15 is 0 Å². The number of nitrogens with one attached hydrogen (secondary N) is 1. The molecule has 0 aliphatic carbocycles. The van der Waals surface area contributed by atoms with Crippen LogP contribution in [0.2, 0.25) is 5.02 Å². The summed E-state index contributed by atoms with van der Waals surface area (Å²) < 4.78 is 6.04. The van der Waals surface area contributed by atoms with Crippen LogP contribution in [-0.2, 0) is 0 Å². The molecule has 0 aliphatic heterocycles. The molecule has 25 heavy (non-hydrogen) atoms. The molecular weight excluding hydrogens is 366 g/mol. The van der Waals surface area contributed by atoms with Gasteiger partial charge in [0.25, 0.3) is 5.91 Å². The molecule has 128 valence electrons. The van der Waals surface area contributed by atoms with Crippen molar-refractivity contribution in [3.05, 3.63) is 57.1 Å². The van der Waals surface area contributed by atoms with E-state index in [-0.39, 0.29) is 17.0 Å². The van der Waals surface area contributed by atoms with Crippen LogP contribution in [0.4, 0.5) is 10.8 Å². The van der Waals surface area contributed by atoms with Crippen molar-refractivity contribution >= 4 is 49.9 Å². The Bertz CT molecular complexity index is 973. The maximum absolute atomic E-state index is 12.4. The van der Waals surface area contributed by atoms with Gasteiger partial charge in [-0.05, 0) is 31.2 Å². The summed E-state index contributed by atoms with van der Waals surface area (Å²) in [5.41, 5.74) is 0.476. The lowest BCUT2D eigenvalue weighted by molar-refractivity contribution is -0.385. The number of amides is 1. The van der Waals surface area contributed by atoms with Crippen molar-refractivity contribution in [3.63, 3.8) is 0 Å². The smallest absolute Gasteiger partial charge is 0.311 e. The lowest BCUT2D eigenvalue weighted by atomic mass is 10.2. The van der Waals surface area contributed by atoms with Crippen LogP contribution < -0.4 is 10.1 Å². The van der Waals surface area contributed by atoms with E-state index in [9.17, 15) is 14.9 Å². The summed E-state index contributed by atoms with van der Waals surface area (Å²) >= 11 is 7.34. The van der Waals surface area contributed by atoms with Crippen molar-refractivity contribution in [2.75, 3.05) is 11.9 Å². The molecule has 0 saturated carbocycles. The Morgan fingerprint density at radius 2 is 2.20 bits per heavy atom. The van der Waals surface area contributed by atoms with Crippen molar-refractivity contribution in [1.82, 2.24) is 4.98 Å². The molecule has 3 aromatic rings. The molecule has 0 fully saturated rings. The number of ether oxygens (including phenoxy) is 1. The van der Waals surface area contributed by atoms with Gasteiger partial charge < -0.3 is 4.74 Å². The lowest BCUT2D eigenvalue weighted by Gasteiger charge is -2.06. The number of para-hydroxylation sites is 1. The molecule has 0 unspecified atom stereocenters. The van der Waals surface area contributed by atoms with Gasteiger partial charge >= 0.3 is 5.69 Å². The monoisotopic (exact) mass is 377 g/mol. The van der Waals surface area contributed by atoms with E-state index in [4.69, 9.17) is 16.3 Å². The molecule has 0 bridgehead atoms. The third kappa shape index (κ3) is 3.54. The molecule has 2 aromatic carbocycles. The van der Waals surface area contributed by atoms with Crippen LogP contribution in [0.15, 0.2) is 36.4 Å². The van der Waals surface area contributed by atoms with Gasteiger partial charge in [-0.25, -0.2) is 4.98 Å². The van der Waals surface area contributed by atoms with Gasteiger partial charge in [0.2, 0.25) is 0 Å². The first kappa shape index (κ1) is 17.1. The van der Waals surface area contributed by atoms with Gasteiger partial charge in [0, 0.05) is 11.6 Å². The molecule has 0 saturated heterocycles. The summed E-state index contributed by atoms with van der Waals surface area (Å²) in [7, 11) is 0. The quantitative estimate of drug-likeness (QED) is 0.521. The van der Waals surface area contributed by atoms with Crippen molar-refractivity contribution in [3.8, 4) is 5.75 Å². The van der Waals surface area contributed by atoms with Gasteiger partial charge in [-0.1, -0.05) is 29.0 Å². The predicted octanol–water partition coefficient (Wildman–Crippen LogP) is 4.51. The second kappa shape index (κ2) is 7.04. The van der Waals surface area contributed by atoms with E-state index in [2.05, 4.69) is 10.3 Å². The Morgan fingerprint density at radius 1 is 1.40 bits per heavy atom. The summed E-state index contributed by atoms with van der Waals surface area (Å²) in [5.74, 6) is -0.378. The first-order chi connectivity index (χ1) is 12.0. The van der Waals surface area contributed by atoms with Crippen LogP contribution in [0, 0.1) is 10.1 Å². The average molecular weight is 378 g/mol. The number of anilines is 1. The minimum absolute atomic E-state index is 0.121. The number of halogens is 1. The third-order valence-corrected chi connectivity index (χ3v) is 4.55. The van der Waals surface area contributed by atoms with E-state index < -0.39 is 10.8 Å². The van der Waals surface area contributed by atoms with E-state index in [0.717, 1.165) is 4.70 Å². The van der Waals surface area contributed by atoms with Crippen LogP contribution in [-0.4, -0.2) is 22.4 Å². The highest BCUT2D eigenvalue weighted by atomic mass is 35.5. The van der Waals surface area contributed by atoms with Crippen molar-refractivity contribution in [2.45, 2.75) is 6.92 Å². The molecule has 0 atom stereocenters. The summed E-state index contributed by atoms with van der Waals surface area (Å²) in [4.78, 5) is 27.2. The minimum Gasteiger partial charge on any atom is -0.487 e. The van der Waals surface area contributed by atoms with Crippen LogP contribution in [0.5, 0.6) is 5.75 Å². The van der Waals surface area contributed by atoms with Gasteiger partial charge in [-0.15, -0.1) is 0 Å². The molecule has 1 N–H and O–H groups in total. The molecule has 1 heterocycles. The highest BCUT2D eigenvalue weighted by Crippen LogP contribution is 2.32. The summed E-state index contributed by atoms with van der Waals surface area (Å²) in [6.07, 6.45) is 0. The Kier molecular flexibility index (Phi) is 4.82. The number of fused-ring (bicyclic) bond motifs is 1. The van der Waals surface area contributed by atoms with E-state index in [1.54, 1.807) is 19.1 Å². The Morgan fingerprint density at radius 3 is 2.88 bits per heavy atom. The second-order valence-electron chi connectivity index (χ2n) is 4.93. The fraction of sp³-hybridized carbons (Fsp3) is 0.125. The number of benzene rings is 2. The molecule has 0 radical (unpaired) electrons. The lowest BCUT2D eigenvalue weighted by Crippen LogP contribution is -2.12. The topological polar surface area (TPSA) is 94.4 Å². The maximum atomic E-state index is 12.4. The summed E-state index contributed by atoms with van der Waals surface area (Å²) in [6.45, 7) is 2.02. The normalized spacial score (nSPS) is 10.6. The van der Waals surface area contributed by atoms with Crippen LogP contribution in [0.25, 0.3) is 10.2 Å². The fourth-order valence-corrected chi connectivity index (χ4v) is 3.38. The molecular formula is C16H12ClN3O4S. The van der Waals surface area contributed by atoms with Crippen LogP contribution in [0.1, 0.15) is 17.3 Å². The Balaban J connectivity index is 1.88. The number of nitrogens with zero attached hydrogens (tertiary/aromatic N) is 2. The van der Waals surface area contributed by atoms with Gasteiger partial charge in [-0.3, -0.25) is 20.2 Å². The maximum Gasteiger partial charge on any atom is 0.311 e. The van der Waals surface area contributed by atoms with Crippen molar-refractivity contribution < 1.29 is 14.5 Å². The number of nitro groups is 1. The predicted molar refractivity (Wildman–Crippen MR) is 96.8 cm³/mol. The Hall–Kier alpha value is -2.71. The molecule has 1 amide bonds. The SMILES string of the molecule is CCOc1ccc(C(=O)Nc2nc3c(Cl)cccc3s2)cc1[N+](=O)[O-]. The van der Waals surface area contributed by atoms with Crippen LogP contribution >= 0.6 is 22.9 Å². The number of carbonyl (C=O) groups excluding carboxylic acids is 1. The molecule has 3 rings (SSSR count). The van der Waals surface area contributed by atoms with Gasteiger partial charge in [0.15, 0.2) is 10.9 Å². The zero-order valence-corrected chi connectivity index (χ0v) is 14.6. The van der Waals surface area contributed by atoms with Gasteiger partial charge in [0.1, 0.15) is 5.52 Å². The number of hydrogen-bond donors (Lipinski definition) is 1. The first-order valence-corrected chi connectivity index (χ1v) is 8.46. The molecule has 7 nitrogen and oxygen atoms in total. The number of nitro benzene ring substituents is 1. The number of hydrogen-bond acceptors (Lipinski definition) is 6. The first-order valence-electron chi connectivity index (χ1n) is 7.27. The average Bonchev–Trinajstić information content (AvgIpc) is 2.99. The minimum atomic E-state index is -0.584. The van der Waals surface area contributed by atoms with E-state index in [1.165, 1.54) is 29.5 Å². The number of thiazole rings is 1. The van der Waals surface area contributed by atoms with E-state index in [0.29, 0.717) is 22.3 Å². The number of rotatable bonds is 5. The zero-order chi connectivity index (χ0) is 18.0.